The Kier molecular flexibility index (Phi) is 0.698. The van der Waals surface area contributed by atoms with E-state index in [0.717, 1.165) is 0 Å². The quantitative estimate of drug-likeness (QED) is 0.415. The fourth-order valence-electron chi connectivity index (χ4n) is 1.54. The molecular weight excluding hydrogens is 96.1 g/mol. The fraction of sp³-hybridized carbons (Fsp3) is 0.625. The molecule has 0 aliphatic heterocycles. The van der Waals surface area contributed by atoms with E-state index in [1.54, 1.807) is 0 Å². The van der Waals surface area contributed by atoms with Gasteiger partial charge in [-0.15, -0.1) is 5.73 Å². The first kappa shape index (κ1) is 4.40. The third-order valence-corrected chi connectivity index (χ3v) is 2.37. The lowest BCUT2D eigenvalue weighted by atomic mass is 9.68. The molecule has 8 heavy (non-hydrogen) atoms. The van der Waals surface area contributed by atoms with Gasteiger partial charge in [-0.25, -0.2) is 0 Å². The van der Waals surface area contributed by atoms with Crippen LogP contribution in [-0.4, -0.2) is 0 Å². The zero-order valence-electron chi connectivity index (χ0n) is 4.98. The summed E-state index contributed by atoms with van der Waals surface area (Å²) in [7, 11) is 0. The first-order chi connectivity index (χ1) is 3.91. The van der Waals surface area contributed by atoms with E-state index < -0.39 is 0 Å². The SMILES string of the molecule is C1=CCC2(C=1)CCC2. The standard InChI is InChI=1S/C8H10/c1-2-5-8(4-1)6-3-7-8/h1,5H,3-4,6-7H2. The van der Waals surface area contributed by atoms with Gasteiger partial charge in [0.15, 0.2) is 0 Å². The van der Waals surface area contributed by atoms with Crippen LogP contribution < -0.4 is 0 Å². The molecule has 0 saturated heterocycles. The average Bonchev–Trinajstić information content (AvgIpc) is 2.07. The van der Waals surface area contributed by atoms with Gasteiger partial charge in [-0.05, 0) is 36.8 Å². The lowest BCUT2D eigenvalue weighted by Crippen LogP contribution is -2.24. The van der Waals surface area contributed by atoms with Gasteiger partial charge in [0.2, 0.25) is 0 Å². The number of allylic oxidation sites excluding steroid dienone is 1. The number of hydrogen-bond acceptors (Lipinski definition) is 0. The topological polar surface area (TPSA) is 0 Å². The Bertz CT molecular complexity index is 155. The van der Waals surface area contributed by atoms with Gasteiger partial charge in [0.1, 0.15) is 0 Å². The average molecular weight is 106 g/mol. The minimum Gasteiger partial charge on any atom is -0.129 e. The summed E-state index contributed by atoms with van der Waals surface area (Å²) < 4.78 is 0. The smallest absolute Gasteiger partial charge is 0.000206 e. The Labute approximate surface area is 49.9 Å². The molecule has 2 aliphatic rings. The molecule has 1 fully saturated rings. The maximum Gasteiger partial charge on any atom is -0.000206 e. The molecule has 0 nitrogen and oxygen atoms in total. The van der Waals surface area contributed by atoms with Crippen LogP contribution in [0.15, 0.2) is 17.9 Å². The summed E-state index contributed by atoms with van der Waals surface area (Å²) in [5.74, 6) is 0. The highest BCUT2D eigenvalue weighted by atomic mass is 14.4. The molecule has 0 heteroatoms. The maximum atomic E-state index is 3.16. The van der Waals surface area contributed by atoms with Crippen LogP contribution >= 0.6 is 0 Å². The van der Waals surface area contributed by atoms with Gasteiger partial charge < -0.3 is 0 Å². The molecule has 0 atom stereocenters. The molecule has 0 amide bonds. The first-order valence-electron chi connectivity index (χ1n) is 3.33. The van der Waals surface area contributed by atoms with Crippen molar-refractivity contribution in [2.75, 3.05) is 0 Å². The molecule has 0 aromatic rings. The van der Waals surface area contributed by atoms with Crippen molar-refractivity contribution in [2.45, 2.75) is 25.7 Å². The van der Waals surface area contributed by atoms with Crippen LogP contribution in [0.25, 0.3) is 0 Å². The Balaban J connectivity index is 2.18. The Morgan fingerprint density at radius 3 is 2.50 bits per heavy atom. The molecule has 0 N–H and O–H groups in total. The molecule has 1 spiro atoms. The van der Waals surface area contributed by atoms with Gasteiger partial charge >= 0.3 is 0 Å². The Morgan fingerprint density at radius 2 is 2.25 bits per heavy atom. The zero-order chi connectivity index (χ0) is 5.45. The minimum atomic E-state index is 0.625. The highest BCUT2D eigenvalue weighted by Gasteiger charge is 2.34. The van der Waals surface area contributed by atoms with Crippen LogP contribution in [0.3, 0.4) is 0 Å². The van der Waals surface area contributed by atoms with Crippen LogP contribution in [0, 0.1) is 5.41 Å². The Hall–Kier alpha value is -0.480. The molecule has 0 unspecified atom stereocenters. The first-order valence-corrected chi connectivity index (χ1v) is 3.33. The van der Waals surface area contributed by atoms with Crippen molar-refractivity contribution < 1.29 is 0 Å². The van der Waals surface area contributed by atoms with E-state index in [9.17, 15) is 0 Å². The van der Waals surface area contributed by atoms with Crippen LogP contribution in [-0.2, 0) is 0 Å². The van der Waals surface area contributed by atoms with Gasteiger partial charge in [0.25, 0.3) is 0 Å². The second-order valence-electron chi connectivity index (χ2n) is 2.94. The van der Waals surface area contributed by atoms with Gasteiger partial charge in [0.05, 0.1) is 0 Å². The monoisotopic (exact) mass is 106 g/mol. The molecule has 2 rings (SSSR count). The van der Waals surface area contributed by atoms with Crippen LogP contribution in [0.2, 0.25) is 0 Å². The predicted octanol–water partition coefficient (Wildman–Crippen LogP) is 2.27. The van der Waals surface area contributed by atoms with Crippen molar-refractivity contribution in [1.29, 1.82) is 0 Å². The summed E-state index contributed by atoms with van der Waals surface area (Å²) in [5.41, 5.74) is 3.79. The van der Waals surface area contributed by atoms with E-state index in [0.29, 0.717) is 5.41 Å². The van der Waals surface area contributed by atoms with Crippen molar-refractivity contribution in [1.82, 2.24) is 0 Å². The second kappa shape index (κ2) is 1.27. The highest BCUT2D eigenvalue weighted by molar-refractivity contribution is 5.13. The summed E-state index contributed by atoms with van der Waals surface area (Å²) in [6.07, 6.45) is 9.96. The van der Waals surface area contributed by atoms with E-state index >= 15 is 0 Å². The van der Waals surface area contributed by atoms with E-state index in [1.165, 1.54) is 25.7 Å². The molecule has 0 aromatic heterocycles. The summed E-state index contributed by atoms with van der Waals surface area (Å²) in [5, 5.41) is 0. The maximum absolute atomic E-state index is 3.16. The van der Waals surface area contributed by atoms with E-state index in [1.807, 2.05) is 0 Å². The normalized spacial score (nSPS) is 29.0. The summed E-state index contributed by atoms with van der Waals surface area (Å²) in [6.45, 7) is 0. The predicted molar refractivity (Wildman–Crippen MR) is 33.6 cm³/mol. The molecule has 0 heterocycles. The van der Waals surface area contributed by atoms with Crippen molar-refractivity contribution in [2.24, 2.45) is 5.41 Å². The third-order valence-electron chi connectivity index (χ3n) is 2.37. The van der Waals surface area contributed by atoms with Crippen molar-refractivity contribution in [3.8, 4) is 0 Å². The highest BCUT2D eigenvalue weighted by Crippen LogP contribution is 2.46. The molecule has 0 bridgehead atoms. The molecule has 1 saturated carbocycles. The number of rotatable bonds is 0. The summed E-state index contributed by atoms with van der Waals surface area (Å²) in [6, 6.07) is 0. The zero-order valence-corrected chi connectivity index (χ0v) is 4.98. The van der Waals surface area contributed by atoms with Crippen LogP contribution in [0.5, 0.6) is 0 Å². The lowest BCUT2D eigenvalue weighted by molar-refractivity contribution is 0.214. The van der Waals surface area contributed by atoms with Gasteiger partial charge in [-0.2, -0.15) is 0 Å². The van der Waals surface area contributed by atoms with E-state index in [-0.39, 0.29) is 0 Å². The molecule has 0 radical (unpaired) electrons. The fourth-order valence-corrected chi connectivity index (χ4v) is 1.54. The minimum absolute atomic E-state index is 0.625. The van der Waals surface area contributed by atoms with Gasteiger partial charge in [-0.1, -0.05) is 6.42 Å². The summed E-state index contributed by atoms with van der Waals surface area (Å²) >= 11 is 0. The second-order valence-corrected chi connectivity index (χ2v) is 2.94. The largest absolute Gasteiger partial charge is 0.129 e. The third kappa shape index (κ3) is 0.413. The molecular formula is C8H10. The van der Waals surface area contributed by atoms with Crippen molar-refractivity contribution >= 4 is 0 Å². The molecule has 0 aromatic carbocycles. The number of hydrogen-bond donors (Lipinski definition) is 0. The Morgan fingerprint density at radius 1 is 1.38 bits per heavy atom. The molecule has 42 valence electrons. The molecule has 2 aliphatic carbocycles. The van der Waals surface area contributed by atoms with Crippen LogP contribution in [0.4, 0.5) is 0 Å². The van der Waals surface area contributed by atoms with Crippen molar-refractivity contribution in [3.63, 3.8) is 0 Å². The lowest BCUT2D eigenvalue weighted by Gasteiger charge is -2.35. The van der Waals surface area contributed by atoms with Crippen LogP contribution in [0.1, 0.15) is 25.7 Å². The van der Waals surface area contributed by atoms with E-state index in [4.69, 9.17) is 0 Å². The van der Waals surface area contributed by atoms with E-state index in [2.05, 4.69) is 17.9 Å². The van der Waals surface area contributed by atoms with Crippen molar-refractivity contribution in [3.05, 3.63) is 17.9 Å². The van der Waals surface area contributed by atoms with Gasteiger partial charge in [-0.3, -0.25) is 0 Å². The summed E-state index contributed by atoms with van der Waals surface area (Å²) in [4.78, 5) is 0. The van der Waals surface area contributed by atoms with Gasteiger partial charge in [0, 0.05) is 0 Å².